The molecular formula is C35H42N4O4. The molecule has 4 aromatic rings. The predicted octanol–water partition coefficient (Wildman–Crippen LogP) is 8.19. The molecule has 2 N–H and O–H groups in total. The van der Waals surface area contributed by atoms with Crippen molar-refractivity contribution >= 4 is 17.4 Å². The maximum Gasteiger partial charge on any atom is 0.323 e. The molecule has 43 heavy (non-hydrogen) atoms. The first kappa shape index (κ1) is 31.3. The molecule has 0 aliphatic heterocycles. The summed E-state index contributed by atoms with van der Waals surface area (Å²) in [6, 6.07) is 16.7. The third-order valence-electron chi connectivity index (χ3n) is 7.36. The van der Waals surface area contributed by atoms with Gasteiger partial charge in [0.15, 0.2) is 0 Å². The predicted molar refractivity (Wildman–Crippen MR) is 173 cm³/mol. The Morgan fingerprint density at radius 1 is 0.930 bits per heavy atom. The number of anilines is 2. The number of methoxy groups -OCH3 is 1. The number of aryl methyl sites for hydroxylation is 1. The van der Waals surface area contributed by atoms with E-state index in [4.69, 9.17) is 9.47 Å². The van der Waals surface area contributed by atoms with Crippen LogP contribution < -0.4 is 25.7 Å². The quantitative estimate of drug-likeness (QED) is 0.176. The number of nitrogens with zero attached hydrogens (tertiary/aromatic N) is 2. The molecule has 0 bridgehead atoms. The summed E-state index contributed by atoms with van der Waals surface area (Å²) >= 11 is 0. The third-order valence-corrected chi connectivity index (χ3v) is 7.36. The summed E-state index contributed by atoms with van der Waals surface area (Å²) in [6.07, 6.45) is 7.01. The number of benzene rings is 2. The van der Waals surface area contributed by atoms with E-state index in [1.54, 1.807) is 36.3 Å². The van der Waals surface area contributed by atoms with Gasteiger partial charge in [0, 0.05) is 47.5 Å². The number of aromatic nitrogens is 2. The number of amides is 2. The second-order valence-electron chi connectivity index (χ2n) is 11.2. The highest BCUT2D eigenvalue weighted by molar-refractivity contribution is 6.03. The maximum absolute atomic E-state index is 13.8. The van der Waals surface area contributed by atoms with Gasteiger partial charge in [-0.2, -0.15) is 0 Å². The summed E-state index contributed by atoms with van der Waals surface area (Å²) in [6.45, 7) is 11.3. The van der Waals surface area contributed by atoms with Crippen molar-refractivity contribution in [3.05, 3.63) is 100 Å². The van der Waals surface area contributed by atoms with Crippen LogP contribution in [0.25, 0.3) is 11.1 Å². The Morgan fingerprint density at radius 3 is 2.28 bits per heavy atom. The van der Waals surface area contributed by atoms with E-state index in [1.165, 1.54) is 0 Å². The lowest BCUT2D eigenvalue weighted by Crippen LogP contribution is -2.29. The van der Waals surface area contributed by atoms with Gasteiger partial charge in [-0.25, -0.2) is 4.79 Å². The number of para-hydroxylation sites is 1. The molecule has 8 heteroatoms. The summed E-state index contributed by atoms with van der Waals surface area (Å²) in [4.78, 5) is 31.6. The van der Waals surface area contributed by atoms with Crippen molar-refractivity contribution in [3.63, 3.8) is 0 Å². The van der Waals surface area contributed by atoms with Crippen LogP contribution in [0.5, 0.6) is 11.5 Å². The standard InChI is InChI=1S/C35H42N4O4/c1-7-8-18-39-19-16-29(30-20-26(14-15-31(30)42-6)43-22-25-11-10-17-36-21-25)33(34(39)40)38-35(41)37-32-27(23(2)3)12-9-13-28(32)24(4)5/h9-17,19-21,23-24H,7-8,18,22H2,1-6H3,(H2,37,38,41). The highest BCUT2D eigenvalue weighted by Crippen LogP contribution is 2.37. The normalized spacial score (nSPS) is 11.1. The van der Waals surface area contributed by atoms with Gasteiger partial charge >= 0.3 is 6.03 Å². The number of nitrogens with one attached hydrogen (secondary N) is 2. The third kappa shape index (κ3) is 7.63. The van der Waals surface area contributed by atoms with Crippen LogP contribution in [0.2, 0.25) is 0 Å². The van der Waals surface area contributed by atoms with E-state index in [9.17, 15) is 9.59 Å². The minimum Gasteiger partial charge on any atom is -0.496 e. The van der Waals surface area contributed by atoms with Crippen molar-refractivity contribution in [2.24, 2.45) is 0 Å². The highest BCUT2D eigenvalue weighted by Gasteiger charge is 2.21. The largest absolute Gasteiger partial charge is 0.496 e. The second-order valence-corrected chi connectivity index (χ2v) is 11.2. The fourth-order valence-electron chi connectivity index (χ4n) is 5.02. The van der Waals surface area contributed by atoms with E-state index in [0.717, 1.165) is 35.2 Å². The van der Waals surface area contributed by atoms with Gasteiger partial charge in [-0.15, -0.1) is 0 Å². The molecule has 0 aliphatic rings. The van der Waals surface area contributed by atoms with Crippen LogP contribution in [0.4, 0.5) is 16.2 Å². The Kier molecular flexibility index (Phi) is 10.6. The van der Waals surface area contributed by atoms with Crippen LogP contribution in [0.1, 0.15) is 76.0 Å². The first-order valence-electron chi connectivity index (χ1n) is 14.9. The Balaban J connectivity index is 1.74. The lowest BCUT2D eigenvalue weighted by Gasteiger charge is -2.21. The van der Waals surface area contributed by atoms with Crippen molar-refractivity contribution in [1.29, 1.82) is 0 Å². The minimum atomic E-state index is -0.482. The van der Waals surface area contributed by atoms with Gasteiger partial charge in [0.05, 0.1) is 7.11 Å². The maximum atomic E-state index is 13.8. The van der Waals surface area contributed by atoms with E-state index in [-0.39, 0.29) is 23.1 Å². The van der Waals surface area contributed by atoms with E-state index in [0.29, 0.717) is 35.8 Å². The van der Waals surface area contributed by atoms with E-state index in [1.807, 2.05) is 48.5 Å². The molecule has 2 heterocycles. The molecule has 2 aromatic heterocycles. The van der Waals surface area contributed by atoms with E-state index < -0.39 is 6.03 Å². The number of hydrogen-bond acceptors (Lipinski definition) is 5. The topological polar surface area (TPSA) is 94.5 Å². The van der Waals surface area contributed by atoms with Gasteiger partial charge < -0.3 is 24.7 Å². The highest BCUT2D eigenvalue weighted by atomic mass is 16.5. The van der Waals surface area contributed by atoms with Gasteiger partial charge in [-0.3, -0.25) is 9.78 Å². The molecule has 2 aromatic carbocycles. The molecule has 0 saturated heterocycles. The number of rotatable bonds is 12. The zero-order chi connectivity index (χ0) is 30.9. The van der Waals surface area contributed by atoms with Gasteiger partial charge in [0.1, 0.15) is 23.8 Å². The van der Waals surface area contributed by atoms with Crippen molar-refractivity contribution in [2.45, 2.75) is 72.4 Å². The number of pyridine rings is 2. The lowest BCUT2D eigenvalue weighted by molar-refractivity contribution is 0.262. The molecule has 0 spiro atoms. The average molecular weight is 583 g/mol. The zero-order valence-electron chi connectivity index (χ0n) is 25.9. The smallest absolute Gasteiger partial charge is 0.323 e. The summed E-state index contributed by atoms with van der Waals surface area (Å²) in [5, 5.41) is 5.99. The van der Waals surface area contributed by atoms with E-state index >= 15 is 0 Å². The second kappa shape index (κ2) is 14.5. The molecule has 4 rings (SSSR count). The van der Waals surface area contributed by atoms with Crippen LogP contribution >= 0.6 is 0 Å². The number of carbonyl (C=O) groups excluding carboxylic acids is 1. The SMILES string of the molecule is CCCCn1ccc(-c2cc(OCc3cccnc3)ccc2OC)c(NC(=O)Nc2c(C(C)C)cccc2C(C)C)c1=O. The Bertz CT molecular complexity index is 1570. The van der Waals surface area contributed by atoms with E-state index in [2.05, 4.69) is 50.2 Å². The molecule has 8 nitrogen and oxygen atoms in total. The van der Waals surface area contributed by atoms with Crippen molar-refractivity contribution in [1.82, 2.24) is 9.55 Å². The van der Waals surface area contributed by atoms with Crippen molar-refractivity contribution < 1.29 is 14.3 Å². The van der Waals surface area contributed by atoms with Crippen molar-refractivity contribution in [3.8, 4) is 22.6 Å². The van der Waals surface area contributed by atoms with Crippen LogP contribution in [0.15, 0.2) is 78.0 Å². The van der Waals surface area contributed by atoms with Crippen LogP contribution in [0, 0.1) is 0 Å². The molecule has 226 valence electrons. The Hall–Kier alpha value is -4.59. The fourth-order valence-corrected chi connectivity index (χ4v) is 5.02. The monoisotopic (exact) mass is 582 g/mol. The average Bonchev–Trinajstić information content (AvgIpc) is 3.00. The lowest BCUT2D eigenvalue weighted by atomic mass is 9.93. The summed E-state index contributed by atoms with van der Waals surface area (Å²) in [5.41, 5.74) is 4.84. The number of carbonyl (C=O) groups is 1. The molecular weight excluding hydrogens is 540 g/mol. The number of urea groups is 1. The molecule has 0 saturated carbocycles. The molecule has 0 atom stereocenters. The molecule has 0 aliphatic carbocycles. The van der Waals surface area contributed by atoms with Crippen LogP contribution in [-0.4, -0.2) is 22.7 Å². The molecule has 2 amide bonds. The summed E-state index contributed by atoms with van der Waals surface area (Å²) < 4.78 is 13.4. The van der Waals surface area contributed by atoms with Gasteiger partial charge in [-0.1, -0.05) is 65.3 Å². The first-order chi connectivity index (χ1) is 20.7. The van der Waals surface area contributed by atoms with Crippen LogP contribution in [0.3, 0.4) is 0 Å². The fraction of sp³-hybridized carbons (Fsp3) is 0.343. The van der Waals surface area contributed by atoms with Crippen LogP contribution in [-0.2, 0) is 13.2 Å². The van der Waals surface area contributed by atoms with Gasteiger partial charge in [0.2, 0.25) is 0 Å². The summed E-state index contributed by atoms with van der Waals surface area (Å²) in [7, 11) is 1.58. The van der Waals surface area contributed by atoms with Crippen molar-refractivity contribution in [2.75, 3.05) is 17.7 Å². The Labute approximate surface area is 254 Å². The molecule has 0 fully saturated rings. The Morgan fingerprint density at radius 2 is 1.65 bits per heavy atom. The summed E-state index contributed by atoms with van der Waals surface area (Å²) in [5.74, 6) is 1.55. The zero-order valence-corrected chi connectivity index (χ0v) is 25.9. The number of hydrogen-bond donors (Lipinski definition) is 2. The van der Waals surface area contributed by atoms with Gasteiger partial charge in [0.25, 0.3) is 5.56 Å². The number of unbranched alkanes of at least 4 members (excludes halogenated alkanes) is 1. The minimum absolute atomic E-state index is 0.173. The first-order valence-corrected chi connectivity index (χ1v) is 14.9. The molecule has 0 unspecified atom stereocenters. The molecule has 0 radical (unpaired) electrons. The number of ether oxygens (including phenoxy) is 2. The van der Waals surface area contributed by atoms with Gasteiger partial charge in [-0.05, 0) is 59.7 Å².